The first kappa shape index (κ1) is 18.7. The molecular weight excluding hydrogens is 242 g/mol. The Labute approximate surface area is 109 Å². The van der Waals surface area contributed by atoms with E-state index in [1.54, 1.807) is 0 Å². The molecule has 0 aliphatic carbocycles. The molecule has 0 aliphatic heterocycles. The zero-order valence-corrected chi connectivity index (χ0v) is 11.1. The van der Waals surface area contributed by atoms with Gasteiger partial charge in [-0.25, -0.2) is 0 Å². The first-order valence-corrected chi connectivity index (χ1v) is 6.10. The largest absolute Gasteiger partial charge is 0.481 e. The van der Waals surface area contributed by atoms with Crippen LogP contribution in [0.3, 0.4) is 0 Å². The van der Waals surface area contributed by atoms with Crippen LogP contribution in [0.5, 0.6) is 0 Å². The minimum Gasteiger partial charge on any atom is -0.481 e. The number of carboxylic acid groups (broad SMARTS) is 1. The number of unbranched alkanes of at least 4 members (excludes halogenated alkanes) is 4. The van der Waals surface area contributed by atoms with E-state index in [1.165, 1.54) is 0 Å². The monoisotopic (exact) mass is 265 g/mol. The zero-order valence-electron chi connectivity index (χ0n) is 10.3. The molecule has 0 saturated carbocycles. The molecule has 3 N–H and O–H groups in total. The highest BCUT2D eigenvalue weighted by Crippen LogP contribution is 2.07. The quantitative estimate of drug-likeness (QED) is 0.563. The lowest BCUT2D eigenvalue weighted by Crippen LogP contribution is -2.01. The van der Waals surface area contributed by atoms with Crippen molar-refractivity contribution in [1.29, 1.82) is 0 Å². The van der Waals surface area contributed by atoms with Gasteiger partial charge in [0.1, 0.15) is 5.78 Å². The van der Waals surface area contributed by atoms with Crippen molar-refractivity contribution >= 4 is 24.2 Å². The van der Waals surface area contributed by atoms with Crippen LogP contribution in [-0.2, 0) is 9.59 Å². The van der Waals surface area contributed by atoms with Crippen molar-refractivity contribution in [2.45, 2.75) is 57.8 Å². The van der Waals surface area contributed by atoms with E-state index in [0.29, 0.717) is 31.6 Å². The van der Waals surface area contributed by atoms with E-state index < -0.39 is 5.97 Å². The van der Waals surface area contributed by atoms with E-state index in [2.05, 4.69) is 0 Å². The molecule has 0 unspecified atom stereocenters. The standard InChI is InChI=1S/C12H23NO3.ClH/c13-10-6-2-4-8-11(14)7-3-1-5-9-12(15)16;/h1-10,13H2,(H,15,16);1H. The summed E-state index contributed by atoms with van der Waals surface area (Å²) in [6.45, 7) is 0.698. The maximum atomic E-state index is 11.4. The topological polar surface area (TPSA) is 80.4 Å². The van der Waals surface area contributed by atoms with Gasteiger partial charge in [0.2, 0.25) is 0 Å². The van der Waals surface area contributed by atoms with Crippen molar-refractivity contribution in [3.8, 4) is 0 Å². The van der Waals surface area contributed by atoms with Crippen LogP contribution >= 0.6 is 12.4 Å². The first-order chi connectivity index (χ1) is 7.66. The number of carbonyl (C=O) groups is 2. The fourth-order valence-corrected chi connectivity index (χ4v) is 1.54. The van der Waals surface area contributed by atoms with Crippen molar-refractivity contribution in [2.24, 2.45) is 5.73 Å². The molecule has 0 aromatic rings. The molecule has 0 saturated heterocycles. The normalized spacial score (nSPS) is 9.71. The number of carbonyl (C=O) groups excluding carboxylic acids is 1. The molecule has 102 valence electrons. The SMILES string of the molecule is Cl.NCCCCCC(=O)CCCCCC(=O)O. The highest BCUT2D eigenvalue weighted by atomic mass is 35.5. The Hall–Kier alpha value is -0.610. The van der Waals surface area contributed by atoms with Crippen molar-refractivity contribution in [3.63, 3.8) is 0 Å². The van der Waals surface area contributed by atoms with E-state index in [4.69, 9.17) is 10.8 Å². The minimum absolute atomic E-state index is 0. The fourth-order valence-electron chi connectivity index (χ4n) is 1.54. The molecule has 0 bridgehead atoms. The van der Waals surface area contributed by atoms with E-state index in [-0.39, 0.29) is 18.8 Å². The number of aliphatic carboxylic acids is 1. The van der Waals surface area contributed by atoms with Gasteiger partial charge in [-0.15, -0.1) is 12.4 Å². The van der Waals surface area contributed by atoms with Gasteiger partial charge in [-0.2, -0.15) is 0 Å². The second kappa shape index (κ2) is 13.5. The minimum atomic E-state index is -0.756. The summed E-state index contributed by atoms with van der Waals surface area (Å²) >= 11 is 0. The Kier molecular flexibility index (Phi) is 14.8. The number of halogens is 1. The number of hydrogen-bond acceptors (Lipinski definition) is 3. The van der Waals surface area contributed by atoms with Crippen LogP contribution in [0, 0.1) is 0 Å². The molecule has 0 fully saturated rings. The van der Waals surface area contributed by atoms with Crippen LogP contribution in [0.25, 0.3) is 0 Å². The van der Waals surface area contributed by atoms with Crippen molar-refractivity contribution in [3.05, 3.63) is 0 Å². The van der Waals surface area contributed by atoms with Gasteiger partial charge >= 0.3 is 5.97 Å². The summed E-state index contributed by atoms with van der Waals surface area (Å²) in [5.74, 6) is -0.458. The predicted molar refractivity (Wildman–Crippen MR) is 70.5 cm³/mol. The highest BCUT2D eigenvalue weighted by Gasteiger charge is 2.02. The number of rotatable bonds is 11. The van der Waals surface area contributed by atoms with Crippen LogP contribution in [0.2, 0.25) is 0 Å². The lowest BCUT2D eigenvalue weighted by molar-refractivity contribution is -0.137. The molecule has 0 atom stereocenters. The Bertz CT molecular complexity index is 210. The number of ketones is 1. The zero-order chi connectivity index (χ0) is 12.2. The van der Waals surface area contributed by atoms with Gasteiger partial charge in [-0.05, 0) is 32.2 Å². The van der Waals surface area contributed by atoms with Crippen LogP contribution in [0.4, 0.5) is 0 Å². The average molecular weight is 266 g/mol. The molecule has 0 aromatic carbocycles. The third-order valence-electron chi connectivity index (χ3n) is 2.51. The second-order valence-electron chi connectivity index (χ2n) is 4.09. The molecule has 0 spiro atoms. The second-order valence-corrected chi connectivity index (χ2v) is 4.09. The molecule has 0 rings (SSSR count). The third kappa shape index (κ3) is 15.4. The first-order valence-electron chi connectivity index (χ1n) is 6.10. The van der Waals surface area contributed by atoms with Gasteiger partial charge in [0.25, 0.3) is 0 Å². The van der Waals surface area contributed by atoms with E-state index >= 15 is 0 Å². The maximum Gasteiger partial charge on any atom is 0.303 e. The molecule has 5 heteroatoms. The molecule has 0 radical (unpaired) electrons. The molecule has 0 aromatic heterocycles. The van der Waals surface area contributed by atoms with Gasteiger partial charge < -0.3 is 10.8 Å². The highest BCUT2D eigenvalue weighted by molar-refractivity contribution is 5.85. The third-order valence-corrected chi connectivity index (χ3v) is 2.51. The number of nitrogens with two attached hydrogens (primary N) is 1. The summed E-state index contributed by atoms with van der Waals surface area (Å²) in [7, 11) is 0. The number of hydrogen-bond donors (Lipinski definition) is 2. The van der Waals surface area contributed by atoms with Crippen LogP contribution in [0.1, 0.15) is 57.8 Å². The molecule has 4 nitrogen and oxygen atoms in total. The Morgan fingerprint density at radius 1 is 0.824 bits per heavy atom. The molecule has 0 amide bonds. The van der Waals surface area contributed by atoms with Crippen molar-refractivity contribution in [1.82, 2.24) is 0 Å². The van der Waals surface area contributed by atoms with Crippen LogP contribution < -0.4 is 5.73 Å². The van der Waals surface area contributed by atoms with Crippen LogP contribution in [-0.4, -0.2) is 23.4 Å². The summed E-state index contributed by atoms with van der Waals surface area (Å²) in [4.78, 5) is 21.6. The Morgan fingerprint density at radius 3 is 1.76 bits per heavy atom. The van der Waals surface area contributed by atoms with Crippen molar-refractivity contribution < 1.29 is 14.7 Å². The lowest BCUT2D eigenvalue weighted by atomic mass is 10.1. The smallest absolute Gasteiger partial charge is 0.303 e. The van der Waals surface area contributed by atoms with Gasteiger partial charge in [-0.1, -0.05) is 12.8 Å². The van der Waals surface area contributed by atoms with E-state index in [1.807, 2.05) is 0 Å². The number of Topliss-reactive ketones (excluding diaryl/α,β-unsaturated/α-hetero) is 1. The summed E-state index contributed by atoms with van der Waals surface area (Å²) in [6.07, 6.45) is 6.75. The Balaban J connectivity index is 0. The summed E-state index contributed by atoms with van der Waals surface area (Å²) in [5.41, 5.74) is 5.35. The molecule has 17 heavy (non-hydrogen) atoms. The molecule has 0 heterocycles. The van der Waals surface area contributed by atoms with Crippen LogP contribution in [0.15, 0.2) is 0 Å². The van der Waals surface area contributed by atoms with Gasteiger partial charge in [0, 0.05) is 19.3 Å². The van der Waals surface area contributed by atoms with Crippen molar-refractivity contribution in [2.75, 3.05) is 6.54 Å². The van der Waals surface area contributed by atoms with Gasteiger partial charge in [0.05, 0.1) is 0 Å². The molecular formula is C12H24ClNO3. The lowest BCUT2D eigenvalue weighted by Gasteiger charge is -2.00. The number of carboxylic acids is 1. The Morgan fingerprint density at radius 2 is 1.29 bits per heavy atom. The van der Waals surface area contributed by atoms with Gasteiger partial charge in [0.15, 0.2) is 0 Å². The summed E-state index contributed by atoms with van der Waals surface area (Å²) in [6, 6.07) is 0. The maximum absolute atomic E-state index is 11.4. The van der Waals surface area contributed by atoms with Gasteiger partial charge in [-0.3, -0.25) is 9.59 Å². The van der Waals surface area contributed by atoms with E-state index in [0.717, 1.165) is 32.1 Å². The average Bonchev–Trinajstić information content (AvgIpc) is 2.23. The summed E-state index contributed by atoms with van der Waals surface area (Å²) in [5, 5.41) is 8.41. The van der Waals surface area contributed by atoms with E-state index in [9.17, 15) is 9.59 Å². The molecule has 0 aliphatic rings. The predicted octanol–water partition coefficient (Wildman–Crippen LogP) is 2.53. The fraction of sp³-hybridized carbons (Fsp3) is 0.833. The summed E-state index contributed by atoms with van der Waals surface area (Å²) < 4.78 is 0.